The van der Waals surface area contributed by atoms with Crippen LogP contribution in [-0.4, -0.2) is 18.2 Å². The zero-order valence-corrected chi connectivity index (χ0v) is 11.9. The van der Waals surface area contributed by atoms with E-state index in [0.717, 1.165) is 22.9 Å². The summed E-state index contributed by atoms with van der Waals surface area (Å²) in [6.45, 7) is 5.84. The van der Waals surface area contributed by atoms with Crippen molar-refractivity contribution in [1.82, 2.24) is 4.98 Å². The average molecular weight is 272 g/mol. The van der Waals surface area contributed by atoms with Gasteiger partial charge in [-0.15, -0.1) is 0 Å². The molecule has 0 saturated heterocycles. The Morgan fingerprint density at radius 3 is 2.50 bits per heavy atom. The van der Waals surface area contributed by atoms with Gasteiger partial charge >= 0.3 is 0 Å². The van der Waals surface area contributed by atoms with Gasteiger partial charge in [0.2, 0.25) is 0 Å². The van der Waals surface area contributed by atoms with E-state index >= 15 is 0 Å². The van der Waals surface area contributed by atoms with Gasteiger partial charge in [-0.05, 0) is 38.1 Å². The molecular weight excluding hydrogens is 252 g/mol. The fourth-order valence-corrected chi connectivity index (χ4v) is 1.86. The Morgan fingerprint density at radius 2 is 1.80 bits per heavy atom. The van der Waals surface area contributed by atoms with Crippen LogP contribution in [0.5, 0.6) is 11.5 Å². The second-order valence-corrected chi connectivity index (χ2v) is 4.20. The molecule has 0 aliphatic carbocycles. The number of nitrogens with one attached hydrogen (secondary N) is 1. The highest BCUT2D eigenvalue weighted by Gasteiger charge is 2.06. The van der Waals surface area contributed by atoms with Gasteiger partial charge in [0, 0.05) is 18.0 Å². The number of hydrogen-bond acceptors (Lipinski definition) is 4. The first-order valence-corrected chi connectivity index (χ1v) is 6.87. The second kappa shape index (κ2) is 7.38. The SMILES string of the molecule is CCOc1ccc(NCc2ccccn2)cc1OCC. The maximum absolute atomic E-state index is 5.60. The molecule has 20 heavy (non-hydrogen) atoms. The standard InChI is InChI=1S/C16H20N2O2/c1-3-19-15-9-8-13(11-16(15)20-4-2)18-12-14-7-5-6-10-17-14/h5-11,18H,3-4,12H2,1-2H3. The van der Waals surface area contributed by atoms with E-state index in [1.54, 1.807) is 6.20 Å². The Balaban J connectivity index is 2.06. The summed E-state index contributed by atoms with van der Waals surface area (Å²) < 4.78 is 11.1. The number of rotatable bonds is 7. The molecule has 0 saturated carbocycles. The van der Waals surface area contributed by atoms with Crippen molar-refractivity contribution in [2.24, 2.45) is 0 Å². The van der Waals surface area contributed by atoms with Crippen molar-refractivity contribution in [2.75, 3.05) is 18.5 Å². The summed E-state index contributed by atoms with van der Waals surface area (Å²) in [6, 6.07) is 11.7. The highest BCUT2D eigenvalue weighted by Crippen LogP contribution is 2.30. The minimum atomic E-state index is 0.615. The minimum absolute atomic E-state index is 0.615. The van der Waals surface area contributed by atoms with Crippen molar-refractivity contribution < 1.29 is 9.47 Å². The Morgan fingerprint density at radius 1 is 1.00 bits per heavy atom. The van der Waals surface area contributed by atoms with E-state index < -0.39 is 0 Å². The smallest absolute Gasteiger partial charge is 0.163 e. The van der Waals surface area contributed by atoms with Crippen LogP contribution in [0.3, 0.4) is 0 Å². The first-order chi connectivity index (χ1) is 9.83. The minimum Gasteiger partial charge on any atom is -0.490 e. The predicted octanol–water partition coefficient (Wildman–Crippen LogP) is 3.49. The quantitative estimate of drug-likeness (QED) is 0.838. The zero-order chi connectivity index (χ0) is 14.2. The van der Waals surface area contributed by atoms with Gasteiger partial charge in [-0.1, -0.05) is 6.07 Å². The molecule has 1 heterocycles. The van der Waals surface area contributed by atoms with E-state index in [0.29, 0.717) is 19.8 Å². The molecule has 0 aliphatic heterocycles. The van der Waals surface area contributed by atoms with Crippen LogP contribution in [-0.2, 0) is 6.54 Å². The molecule has 106 valence electrons. The largest absolute Gasteiger partial charge is 0.490 e. The van der Waals surface area contributed by atoms with E-state index in [1.165, 1.54) is 0 Å². The summed E-state index contributed by atoms with van der Waals surface area (Å²) >= 11 is 0. The monoisotopic (exact) mass is 272 g/mol. The van der Waals surface area contributed by atoms with Crippen molar-refractivity contribution in [2.45, 2.75) is 20.4 Å². The molecule has 1 aromatic heterocycles. The lowest BCUT2D eigenvalue weighted by Crippen LogP contribution is -2.03. The number of pyridine rings is 1. The zero-order valence-electron chi connectivity index (χ0n) is 11.9. The summed E-state index contributed by atoms with van der Waals surface area (Å²) in [5.41, 5.74) is 1.99. The molecule has 0 fully saturated rings. The summed E-state index contributed by atoms with van der Waals surface area (Å²) in [6.07, 6.45) is 1.79. The number of ether oxygens (including phenoxy) is 2. The fraction of sp³-hybridized carbons (Fsp3) is 0.312. The van der Waals surface area contributed by atoms with Crippen LogP contribution in [0.15, 0.2) is 42.6 Å². The Bertz CT molecular complexity index is 529. The molecule has 1 aromatic carbocycles. The molecule has 4 heteroatoms. The van der Waals surface area contributed by atoms with Crippen LogP contribution < -0.4 is 14.8 Å². The molecule has 1 N–H and O–H groups in total. The van der Waals surface area contributed by atoms with Gasteiger partial charge in [-0.2, -0.15) is 0 Å². The third-order valence-corrected chi connectivity index (χ3v) is 2.74. The van der Waals surface area contributed by atoms with Crippen LogP contribution >= 0.6 is 0 Å². The maximum Gasteiger partial charge on any atom is 0.163 e. The first kappa shape index (κ1) is 14.2. The summed E-state index contributed by atoms with van der Waals surface area (Å²) in [5, 5.41) is 3.33. The number of aromatic nitrogens is 1. The summed E-state index contributed by atoms with van der Waals surface area (Å²) in [5.74, 6) is 1.54. The molecule has 0 atom stereocenters. The van der Waals surface area contributed by atoms with Crippen LogP contribution in [0.2, 0.25) is 0 Å². The molecule has 0 aliphatic rings. The van der Waals surface area contributed by atoms with Gasteiger partial charge in [-0.25, -0.2) is 0 Å². The lowest BCUT2D eigenvalue weighted by atomic mass is 10.2. The Labute approximate surface area is 119 Å². The topological polar surface area (TPSA) is 43.4 Å². The van der Waals surface area contributed by atoms with Gasteiger partial charge in [0.1, 0.15) is 0 Å². The lowest BCUT2D eigenvalue weighted by molar-refractivity contribution is 0.288. The van der Waals surface area contributed by atoms with E-state index in [-0.39, 0.29) is 0 Å². The van der Waals surface area contributed by atoms with E-state index in [2.05, 4.69) is 10.3 Å². The van der Waals surface area contributed by atoms with Crippen LogP contribution in [0.25, 0.3) is 0 Å². The fourth-order valence-electron chi connectivity index (χ4n) is 1.86. The number of anilines is 1. The highest BCUT2D eigenvalue weighted by atomic mass is 16.5. The normalized spacial score (nSPS) is 10.1. The highest BCUT2D eigenvalue weighted by molar-refractivity contribution is 5.54. The summed E-state index contributed by atoms with van der Waals surface area (Å²) in [7, 11) is 0. The molecule has 2 rings (SSSR count). The van der Waals surface area contributed by atoms with Gasteiger partial charge < -0.3 is 14.8 Å². The molecule has 0 spiro atoms. The van der Waals surface area contributed by atoms with Crippen molar-refractivity contribution in [3.05, 3.63) is 48.3 Å². The number of benzene rings is 1. The van der Waals surface area contributed by atoms with E-state index in [9.17, 15) is 0 Å². The van der Waals surface area contributed by atoms with Crippen LogP contribution in [0, 0.1) is 0 Å². The summed E-state index contributed by atoms with van der Waals surface area (Å²) in [4.78, 5) is 4.28. The number of nitrogens with zero attached hydrogens (tertiary/aromatic N) is 1. The molecule has 4 nitrogen and oxygen atoms in total. The van der Waals surface area contributed by atoms with Crippen molar-refractivity contribution in [3.63, 3.8) is 0 Å². The molecule has 0 unspecified atom stereocenters. The average Bonchev–Trinajstić information content (AvgIpc) is 2.49. The first-order valence-electron chi connectivity index (χ1n) is 6.87. The Hall–Kier alpha value is -2.23. The van der Waals surface area contributed by atoms with Crippen LogP contribution in [0.1, 0.15) is 19.5 Å². The molecule has 0 bridgehead atoms. The van der Waals surface area contributed by atoms with Gasteiger partial charge in [0.25, 0.3) is 0 Å². The van der Waals surface area contributed by atoms with Crippen molar-refractivity contribution >= 4 is 5.69 Å². The number of hydrogen-bond donors (Lipinski definition) is 1. The third kappa shape index (κ3) is 3.88. The van der Waals surface area contributed by atoms with Gasteiger partial charge in [0.05, 0.1) is 25.5 Å². The van der Waals surface area contributed by atoms with Crippen molar-refractivity contribution in [1.29, 1.82) is 0 Å². The molecular formula is C16H20N2O2. The second-order valence-electron chi connectivity index (χ2n) is 4.20. The lowest BCUT2D eigenvalue weighted by Gasteiger charge is -2.13. The van der Waals surface area contributed by atoms with Crippen molar-refractivity contribution in [3.8, 4) is 11.5 Å². The van der Waals surface area contributed by atoms with Crippen LogP contribution in [0.4, 0.5) is 5.69 Å². The van der Waals surface area contributed by atoms with Gasteiger partial charge in [0.15, 0.2) is 11.5 Å². The molecule has 2 aromatic rings. The Kier molecular flexibility index (Phi) is 5.24. The molecule has 0 radical (unpaired) electrons. The third-order valence-electron chi connectivity index (χ3n) is 2.74. The van der Waals surface area contributed by atoms with E-state index in [1.807, 2.05) is 50.2 Å². The predicted molar refractivity (Wildman–Crippen MR) is 80.3 cm³/mol. The van der Waals surface area contributed by atoms with E-state index in [4.69, 9.17) is 9.47 Å². The van der Waals surface area contributed by atoms with Gasteiger partial charge in [-0.3, -0.25) is 4.98 Å². The molecule has 0 amide bonds. The maximum atomic E-state index is 5.60.